The summed E-state index contributed by atoms with van der Waals surface area (Å²) in [5, 5.41) is 3.51. The van der Waals surface area contributed by atoms with Crippen LogP contribution >= 0.6 is 0 Å². The van der Waals surface area contributed by atoms with Crippen molar-refractivity contribution >= 4 is 5.69 Å². The van der Waals surface area contributed by atoms with Gasteiger partial charge in [-0.2, -0.15) is 0 Å². The van der Waals surface area contributed by atoms with Gasteiger partial charge in [0.15, 0.2) is 0 Å². The van der Waals surface area contributed by atoms with Gasteiger partial charge in [0.1, 0.15) is 0 Å². The third-order valence-corrected chi connectivity index (χ3v) is 3.54. The van der Waals surface area contributed by atoms with Gasteiger partial charge in [0.2, 0.25) is 0 Å². The van der Waals surface area contributed by atoms with E-state index < -0.39 is 0 Å². The highest BCUT2D eigenvalue weighted by Crippen LogP contribution is 2.25. The van der Waals surface area contributed by atoms with Crippen LogP contribution in [0.4, 0.5) is 5.69 Å². The zero-order valence-corrected chi connectivity index (χ0v) is 10.3. The monoisotopic (exact) mass is 238 g/mol. The second-order valence-corrected chi connectivity index (χ2v) is 5.02. The minimum absolute atomic E-state index is 0.395. The fraction of sp³-hybridized carbons (Fsp3) is 0.250. The summed E-state index contributed by atoms with van der Waals surface area (Å²) in [4.78, 5) is 0. The van der Waals surface area contributed by atoms with Crippen molar-refractivity contribution in [1.29, 1.82) is 0 Å². The summed E-state index contributed by atoms with van der Waals surface area (Å²) >= 11 is 0. The predicted molar refractivity (Wildman–Crippen MR) is 76.5 cm³/mol. The maximum Gasteiger partial charge on any atom is 0.0342 e. The average Bonchev–Trinajstić information content (AvgIpc) is 2.39. The molecule has 2 heteroatoms. The predicted octanol–water partition coefficient (Wildman–Crippen LogP) is 3.26. The van der Waals surface area contributed by atoms with Gasteiger partial charge in [-0.3, -0.25) is 0 Å². The smallest absolute Gasteiger partial charge is 0.0342 e. The van der Waals surface area contributed by atoms with Crippen LogP contribution in [0.15, 0.2) is 54.6 Å². The molecule has 0 saturated heterocycles. The van der Waals surface area contributed by atoms with Crippen molar-refractivity contribution in [2.75, 3.05) is 5.32 Å². The van der Waals surface area contributed by atoms with Gasteiger partial charge in [-0.05, 0) is 36.1 Å². The molecule has 18 heavy (non-hydrogen) atoms. The van der Waals surface area contributed by atoms with Crippen LogP contribution in [0.5, 0.6) is 0 Å². The Balaban J connectivity index is 1.69. The molecule has 0 aromatic heterocycles. The molecule has 1 aliphatic rings. The molecule has 0 aliphatic heterocycles. The van der Waals surface area contributed by atoms with Crippen molar-refractivity contribution in [2.45, 2.75) is 24.9 Å². The number of benzene rings is 2. The molecule has 3 N–H and O–H groups in total. The Labute approximate surface area is 108 Å². The van der Waals surface area contributed by atoms with Crippen LogP contribution in [0.3, 0.4) is 0 Å². The number of hydrogen-bond donors (Lipinski definition) is 2. The van der Waals surface area contributed by atoms with E-state index in [1.54, 1.807) is 0 Å². The Morgan fingerprint density at radius 2 is 1.44 bits per heavy atom. The largest absolute Gasteiger partial charge is 0.382 e. The standard InChI is InChI=1S/C16H18N2/c17-14-10-16(11-14)18-15-8-6-13(7-9-15)12-4-2-1-3-5-12/h1-9,14,16,18H,10-11,17H2. The van der Waals surface area contributed by atoms with Crippen LogP contribution < -0.4 is 11.1 Å². The lowest BCUT2D eigenvalue weighted by Crippen LogP contribution is -2.44. The van der Waals surface area contributed by atoms with Crippen molar-refractivity contribution in [3.05, 3.63) is 54.6 Å². The fourth-order valence-electron chi connectivity index (χ4n) is 2.40. The molecule has 0 amide bonds. The molecule has 92 valence electrons. The van der Waals surface area contributed by atoms with E-state index in [0.717, 1.165) is 12.8 Å². The van der Waals surface area contributed by atoms with Crippen molar-refractivity contribution in [2.24, 2.45) is 5.73 Å². The molecule has 3 rings (SSSR count). The highest BCUT2D eigenvalue weighted by atomic mass is 15.0. The van der Waals surface area contributed by atoms with Gasteiger partial charge in [0, 0.05) is 17.8 Å². The molecule has 0 bridgehead atoms. The molecule has 0 atom stereocenters. The third kappa shape index (κ3) is 2.39. The highest BCUT2D eigenvalue weighted by molar-refractivity contribution is 5.65. The second-order valence-electron chi connectivity index (χ2n) is 5.02. The van der Waals surface area contributed by atoms with Crippen LogP contribution in [0.1, 0.15) is 12.8 Å². The van der Waals surface area contributed by atoms with Gasteiger partial charge in [-0.1, -0.05) is 42.5 Å². The summed E-state index contributed by atoms with van der Waals surface area (Å²) in [7, 11) is 0. The van der Waals surface area contributed by atoms with Crippen molar-refractivity contribution in [1.82, 2.24) is 0 Å². The van der Waals surface area contributed by atoms with Gasteiger partial charge in [-0.25, -0.2) is 0 Å². The first-order valence-corrected chi connectivity index (χ1v) is 6.49. The number of nitrogens with one attached hydrogen (secondary N) is 1. The molecule has 1 saturated carbocycles. The van der Waals surface area contributed by atoms with Crippen LogP contribution in [0.2, 0.25) is 0 Å². The molecule has 2 nitrogen and oxygen atoms in total. The van der Waals surface area contributed by atoms with E-state index >= 15 is 0 Å². The Bertz CT molecular complexity index is 498. The van der Waals surface area contributed by atoms with Gasteiger partial charge in [0.25, 0.3) is 0 Å². The van der Waals surface area contributed by atoms with Gasteiger partial charge in [0.05, 0.1) is 0 Å². The zero-order chi connectivity index (χ0) is 12.4. The van der Waals surface area contributed by atoms with Crippen LogP contribution in [-0.2, 0) is 0 Å². The molecule has 2 aromatic rings. The average molecular weight is 238 g/mol. The Kier molecular flexibility index (Phi) is 3.03. The van der Waals surface area contributed by atoms with E-state index in [9.17, 15) is 0 Å². The summed E-state index contributed by atoms with van der Waals surface area (Å²) in [5.74, 6) is 0. The van der Waals surface area contributed by atoms with Crippen LogP contribution in [0, 0.1) is 0 Å². The number of nitrogens with two attached hydrogens (primary N) is 1. The van der Waals surface area contributed by atoms with Gasteiger partial charge >= 0.3 is 0 Å². The maximum atomic E-state index is 5.78. The molecule has 1 fully saturated rings. The third-order valence-electron chi connectivity index (χ3n) is 3.54. The normalized spacial score (nSPS) is 22.3. The fourth-order valence-corrected chi connectivity index (χ4v) is 2.40. The quantitative estimate of drug-likeness (QED) is 0.861. The van der Waals surface area contributed by atoms with Gasteiger partial charge in [-0.15, -0.1) is 0 Å². The topological polar surface area (TPSA) is 38.0 Å². The SMILES string of the molecule is NC1CC(Nc2ccc(-c3ccccc3)cc2)C1. The molecular formula is C16H18N2. The van der Waals surface area contributed by atoms with Crippen molar-refractivity contribution < 1.29 is 0 Å². The maximum absolute atomic E-state index is 5.78. The number of rotatable bonds is 3. The first-order chi connectivity index (χ1) is 8.81. The Morgan fingerprint density at radius 3 is 2.06 bits per heavy atom. The lowest BCUT2D eigenvalue weighted by molar-refractivity contribution is 0.374. The van der Waals surface area contributed by atoms with E-state index in [0.29, 0.717) is 12.1 Å². The van der Waals surface area contributed by atoms with E-state index in [2.05, 4.69) is 53.8 Å². The minimum atomic E-state index is 0.395. The van der Waals surface area contributed by atoms with E-state index in [4.69, 9.17) is 5.73 Å². The first-order valence-electron chi connectivity index (χ1n) is 6.49. The summed E-state index contributed by atoms with van der Waals surface area (Å²) in [6.45, 7) is 0. The minimum Gasteiger partial charge on any atom is -0.382 e. The first kappa shape index (κ1) is 11.3. The van der Waals surface area contributed by atoms with Crippen LogP contribution in [-0.4, -0.2) is 12.1 Å². The van der Waals surface area contributed by atoms with Crippen molar-refractivity contribution in [3.8, 4) is 11.1 Å². The van der Waals surface area contributed by atoms with E-state index in [1.807, 2.05) is 6.07 Å². The lowest BCUT2D eigenvalue weighted by Gasteiger charge is -2.33. The zero-order valence-electron chi connectivity index (χ0n) is 10.3. The number of hydrogen-bond acceptors (Lipinski definition) is 2. The molecule has 0 radical (unpaired) electrons. The lowest BCUT2D eigenvalue weighted by atomic mass is 9.87. The van der Waals surface area contributed by atoms with Crippen molar-refractivity contribution in [3.63, 3.8) is 0 Å². The molecule has 0 heterocycles. The second kappa shape index (κ2) is 4.83. The summed E-state index contributed by atoms with van der Waals surface area (Å²) < 4.78 is 0. The van der Waals surface area contributed by atoms with Gasteiger partial charge < -0.3 is 11.1 Å². The molecular weight excluding hydrogens is 220 g/mol. The Morgan fingerprint density at radius 1 is 0.833 bits per heavy atom. The molecule has 1 aliphatic carbocycles. The summed E-state index contributed by atoms with van der Waals surface area (Å²) in [6, 6.07) is 20.0. The van der Waals surface area contributed by atoms with E-state index in [1.165, 1.54) is 16.8 Å². The molecule has 0 spiro atoms. The summed E-state index contributed by atoms with van der Waals surface area (Å²) in [5.41, 5.74) is 9.48. The summed E-state index contributed by atoms with van der Waals surface area (Å²) in [6.07, 6.45) is 2.17. The number of anilines is 1. The Hall–Kier alpha value is -1.80. The van der Waals surface area contributed by atoms with E-state index in [-0.39, 0.29) is 0 Å². The highest BCUT2D eigenvalue weighted by Gasteiger charge is 2.25. The van der Waals surface area contributed by atoms with Crippen LogP contribution in [0.25, 0.3) is 11.1 Å². The molecule has 2 aromatic carbocycles. The molecule has 0 unspecified atom stereocenters.